The van der Waals surface area contributed by atoms with Crippen LogP contribution in [0.5, 0.6) is 0 Å². The van der Waals surface area contributed by atoms with Gasteiger partial charge in [0.1, 0.15) is 16.2 Å². The molecule has 8 nitrogen and oxygen atoms in total. The van der Waals surface area contributed by atoms with E-state index in [0.717, 1.165) is 16.3 Å². The molecule has 0 aliphatic rings. The number of carbonyl (C=O) groups excluding carboxylic acids is 1. The van der Waals surface area contributed by atoms with Gasteiger partial charge in [0.15, 0.2) is 5.65 Å². The number of hydrogen-bond donors (Lipinski definition) is 0. The summed E-state index contributed by atoms with van der Waals surface area (Å²) in [6, 6.07) is 0. The van der Waals surface area contributed by atoms with Gasteiger partial charge in [-0.2, -0.15) is 0 Å². The summed E-state index contributed by atoms with van der Waals surface area (Å²) in [6.45, 7) is 3.82. The average molecular weight is 338 g/mol. The average Bonchev–Trinajstić information content (AvgIpc) is 2.54. The molecule has 0 bridgehead atoms. The summed E-state index contributed by atoms with van der Waals surface area (Å²) in [4.78, 5) is 44.7. The number of rotatable bonds is 4. The Labute approximate surface area is 136 Å². The van der Waals surface area contributed by atoms with Crippen LogP contribution in [0.4, 0.5) is 0 Å². The van der Waals surface area contributed by atoms with Gasteiger partial charge in [-0.1, -0.05) is 25.6 Å². The molecule has 0 spiro atoms. The zero-order valence-corrected chi connectivity index (χ0v) is 14.4. The number of nitrogens with zero attached hydrogens (tertiary/aromatic N) is 4. The summed E-state index contributed by atoms with van der Waals surface area (Å²) in [7, 11) is 4.24. The van der Waals surface area contributed by atoms with Gasteiger partial charge in [0.25, 0.3) is 5.56 Å². The van der Waals surface area contributed by atoms with Crippen LogP contribution in [0.3, 0.4) is 0 Å². The molecule has 9 heteroatoms. The molecule has 0 amide bonds. The van der Waals surface area contributed by atoms with Crippen LogP contribution < -0.4 is 11.2 Å². The van der Waals surface area contributed by atoms with Crippen LogP contribution in [0, 0.1) is 0 Å². The van der Waals surface area contributed by atoms with E-state index in [1.165, 1.54) is 18.7 Å². The molecule has 0 saturated heterocycles. The van der Waals surface area contributed by atoms with E-state index in [4.69, 9.17) is 0 Å². The molecule has 0 aliphatic heterocycles. The van der Waals surface area contributed by atoms with Crippen LogP contribution in [-0.2, 0) is 23.6 Å². The Morgan fingerprint density at radius 2 is 1.87 bits per heavy atom. The normalized spacial score (nSPS) is 11.2. The minimum Gasteiger partial charge on any atom is -0.468 e. The number of fused-ring (bicyclic) bond motifs is 1. The topological polar surface area (TPSA) is 96.1 Å². The second-order valence-corrected chi connectivity index (χ2v) is 6.27. The summed E-state index contributed by atoms with van der Waals surface area (Å²) in [5.41, 5.74) is -0.672. The molecule has 0 fully saturated rings. The maximum atomic E-state index is 12.5. The van der Waals surface area contributed by atoms with E-state index in [9.17, 15) is 14.4 Å². The van der Waals surface area contributed by atoms with Gasteiger partial charge in [-0.3, -0.25) is 18.7 Å². The fraction of sp³-hybridized carbons (Fsp3) is 0.500. The standard InChI is InChI=1S/C14H18N4O4S/c1-7(2)10-15-11-9(12(16-10)23-6-8(19)22-5)13(20)18(4)14(21)17(11)3/h7H,6H2,1-5H3. The summed E-state index contributed by atoms with van der Waals surface area (Å²) in [6.07, 6.45) is 0. The number of hydrogen-bond acceptors (Lipinski definition) is 7. The molecular weight excluding hydrogens is 320 g/mol. The number of esters is 1. The third-order valence-corrected chi connectivity index (χ3v) is 4.30. The fourth-order valence-electron chi connectivity index (χ4n) is 1.99. The maximum absolute atomic E-state index is 12.5. The second kappa shape index (κ2) is 6.53. The van der Waals surface area contributed by atoms with Crippen LogP contribution >= 0.6 is 11.8 Å². The summed E-state index contributed by atoms with van der Waals surface area (Å²) < 4.78 is 6.93. The SMILES string of the molecule is COC(=O)CSc1nc(C(C)C)nc2c1c(=O)n(C)c(=O)n2C. The molecule has 0 aromatic carbocycles. The summed E-state index contributed by atoms with van der Waals surface area (Å²) in [5, 5.41) is 0.605. The molecule has 0 N–H and O–H groups in total. The van der Waals surface area contributed by atoms with E-state index in [1.54, 1.807) is 7.05 Å². The lowest BCUT2D eigenvalue weighted by Gasteiger charge is -2.12. The third-order valence-electron chi connectivity index (χ3n) is 3.35. The molecule has 0 radical (unpaired) electrons. The van der Waals surface area contributed by atoms with E-state index in [1.807, 2.05) is 13.8 Å². The van der Waals surface area contributed by atoms with Crippen LogP contribution in [0.15, 0.2) is 14.6 Å². The van der Waals surface area contributed by atoms with Crippen LogP contribution in [-0.4, -0.2) is 37.9 Å². The van der Waals surface area contributed by atoms with E-state index >= 15 is 0 Å². The van der Waals surface area contributed by atoms with Gasteiger partial charge in [-0.05, 0) is 0 Å². The highest BCUT2D eigenvalue weighted by Crippen LogP contribution is 2.24. The molecule has 0 unspecified atom stereocenters. The van der Waals surface area contributed by atoms with E-state index in [2.05, 4.69) is 14.7 Å². The lowest BCUT2D eigenvalue weighted by Crippen LogP contribution is -2.38. The minimum absolute atomic E-state index is 0.0102. The van der Waals surface area contributed by atoms with Crippen molar-refractivity contribution < 1.29 is 9.53 Å². The number of carbonyl (C=O) groups is 1. The van der Waals surface area contributed by atoms with E-state index < -0.39 is 17.2 Å². The molecule has 23 heavy (non-hydrogen) atoms. The molecule has 2 aromatic heterocycles. The number of thioether (sulfide) groups is 1. The molecule has 0 saturated carbocycles. The summed E-state index contributed by atoms with van der Waals surface area (Å²) in [5.74, 6) is 0.116. The van der Waals surface area contributed by atoms with E-state index in [0.29, 0.717) is 10.9 Å². The quantitative estimate of drug-likeness (QED) is 0.453. The van der Waals surface area contributed by atoms with Crippen molar-refractivity contribution in [3.8, 4) is 0 Å². The Hall–Kier alpha value is -2.16. The number of aromatic nitrogens is 4. The highest BCUT2D eigenvalue weighted by Gasteiger charge is 2.19. The second-order valence-electron chi connectivity index (χ2n) is 5.31. The first-order valence-electron chi connectivity index (χ1n) is 6.95. The molecule has 0 atom stereocenters. The monoisotopic (exact) mass is 338 g/mol. The van der Waals surface area contributed by atoms with Gasteiger partial charge >= 0.3 is 11.7 Å². The Balaban J connectivity index is 2.79. The molecule has 2 heterocycles. The van der Waals surface area contributed by atoms with Gasteiger partial charge in [-0.25, -0.2) is 14.8 Å². The van der Waals surface area contributed by atoms with Gasteiger partial charge in [0, 0.05) is 20.0 Å². The molecule has 0 aliphatic carbocycles. The Bertz CT molecular complexity index is 885. The Morgan fingerprint density at radius 1 is 1.22 bits per heavy atom. The lowest BCUT2D eigenvalue weighted by molar-refractivity contribution is -0.137. The first kappa shape index (κ1) is 17.2. The highest BCUT2D eigenvalue weighted by atomic mass is 32.2. The molecule has 124 valence electrons. The van der Waals surface area contributed by atoms with Gasteiger partial charge in [0.05, 0.1) is 12.9 Å². The van der Waals surface area contributed by atoms with Crippen molar-refractivity contribution in [3.05, 3.63) is 26.7 Å². The summed E-state index contributed by atoms with van der Waals surface area (Å²) >= 11 is 1.10. The van der Waals surface area contributed by atoms with Crippen LogP contribution in [0.1, 0.15) is 25.6 Å². The predicted molar refractivity (Wildman–Crippen MR) is 86.8 cm³/mol. The van der Waals surface area contributed by atoms with Gasteiger partial charge in [0.2, 0.25) is 0 Å². The third kappa shape index (κ3) is 3.14. The van der Waals surface area contributed by atoms with E-state index in [-0.39, 0.29) is 22.7 Å². The number of aryl methyl sites for hydroxylation is 1. The Kier molecular flexibility index (Phi) is 4.88. The largest absolute Gasteiger partial charge is 0.468 e. The van der Waals surface area contributed by atoms with Crippen LogP contribution in [0.25, 0.3) is 11.0 Å². The smallest absolute Gasteiger partial charge is 0.332 e. The van der Waals surface area contributed by atoms with Crippen molar-refractivity contribution in [3.63, 3.8) is 0 Å². The van der Waals surface area contributed by atoms with Crippen molar-refractivity contribution in [2.24, 2.45) is 14.1 Å². The molecule has 2 rings (SSSR count). The van der Waals surface area contributed by atoms with Crippen molar-refractivity contribution in [2.75, 3.05) is 12.9 Å². The lowest BCUT2D eigenvalue weighted by atomic mass is 10.2. The van der Waals surface area contributed by atoms with Gasteiger partial charge in [-0.15, -0.1) is 0 Å². The zero-order valence-electron chi connectivity index (χ0n) is 13.6. The first-order valence-corrected chi connectivity index (χ1v) is 7.93. The number of ether oxygens (including phenoxy) is 1. The zero-order chi connectivity index (χ0) is 17.3. The predicted octanol–water partition coefficient (Wildman–Crippen LogP) is 0.416. The number of methoxy groups -OCH3 is 1. The van der Waals surface area contributed by atoms with Gasteiger partial charge < -0.3 is 4.74 Å². The molecular formula is C14H18N4O4S. The Morgan fingerprint density at radius 3 is 2.43 bits per heavy atom. The first-order chi connectivity index (χ1) is 10.8. The van der Waals surface area contributed by atoms with Crippen molar-refractivity contribution in [1.82, 2.24) is 19.1 Å². The van der Waals surface area contributed by atoms with Crippen molar-refractivity contribution >= 4 is 28.8 Å². The minimum atomic E-state index is -0.481. The van der Waals surface area contributed by atoms with Crippen molar-refractivity contribution in [2.45, 2.75) is 24.8 Å². The van der Waals surface area contributed by atoms with Crippen molar-refractivity contribution in [1.29, 1.82) is 0 Å². The fourth-order valence-corrected chi connectivity index (χ4v) is 2.85. The van der Waals surface area contributed by atoms with Crippen LogP contribution in [0.2, 0.25) is 0 Å². The maximum Gasteiger partial charge on any atom is 0.332 e. The molecule has 2 aromatic rings. The highest BCUT2D eigenvalue weighted by molar-refractivity contribution is 8.00.